The third kappa shape index (κ3) is 5.43. The predicted molar refractivity (Wildman–Crippen MR) is 108 cm³/mol. The lowest BCUT2D eigenvalue weighted by Crippen LogP contribution is -2.17. The van der Waals surface area contributed by atoms with Gasteiger partial charge in [-0.2, -0.15) is 5.10 Å². The summed E-state index contributed by atoms with van der Waals surface area (Å²) in [6.07, 6.45) is 1.58. The van der Waals surface area contributed by atoms with Crippen LogP contribution >= 0.6 is 11.6 Å². The Hall–Kier alpha value is -3.11. The van der Waals surface area contributed by atoms with Gasteiger partial charge in [-0.3, -0.25) is 4.79 Å². The first-order chi connectivity index (χ1) is 13.1. The zero-order valence-electron chi connectivity index (χ0n) is 14.9. The van der Waals surface area contributed by atoms with Crippen molar-refractivity contribution in [3.05, 3.63) is 100 Å². The Morgan fingerprint density at radius 1 is 1.07 bits per heavy atom. The quantitative estimate of drug-likeness (QED) is 0.485. The molecule has 3 aromatic rings. The van der Waals surface area contributed by atoms with Crippen LogP contribution in [0, 0.1) is 6.92 Å². The summed E-state index contributed by atoms with van der Waals surface area (Å²) < 4.78 is 5.81. The van der Waals surface area contributed by atoms with Gasteiger partial charge in [0.05, 0.1) is 6.21 Å². The van der Waals surface area contributed by atoms with E-state index in [1.54, 1.807) is 30.5 Å². The fourth-order valence-corrected chi connectivity index (χ4v) is 2.63. The Kier molecular flexibility index (Phi) is 6.23. The molecule has 0 atom stereocenters. The van der Waals surface area contributed by atoms with Gasteiger partial charge in [0.2, 0.25) is 0 Å². The lowest BCUT2D eigenvalue weighted by molar-refractivity contribution is 0.0955. The number of nitrogens with one attached hydrogen (secondary N) is 1. The molecule has 3 rings (SSSR count). The third-order valence-corrected chi connectivity index (χ3v) is 4.24. The van der Waals surface area contributed by atoms with E-state index in [0.717, 1.165) is 16.9 Å². The van der Waals surface area contributed by atoms with Gasteiger partial charge < -0.3 is 4.74 Å². The number of amides is 1. The standard InChI is InChI=1S/C22H19ClN2O2/c1-16-5-2-3-6-19(16)15-27-21-11-9-17(10-12-21)14-24-25-22(26)18-7-4-8-20(23)13-18/h2-14H,15H2,1H3,(H,25,26)/b24-14-. The Morgan fingerprint density at radius 2 is 1.85 bits per heavy atom. The predicted octanol–water partition coefficient (Wildman–Crippen LogP) is 4.99. The summed E-state index contributed by atoms with van der Waals surface area (Å²) in [5, 5.41) is 4.48. The van der Waals surface area contributed by atoms with Crippen LogP contribution in [0.5, 0.6) is 5.75 Å². The van der Waals surface area contributed by atoms with E-state index in [9.17, 15) is 4.79 Å². The lowest BCUT2D eigenvalue weighted by Gasteiger charge is -2.08. The van der Waals surface area contributed by atoms with Crippen molar-refractivity contribution in [2.24, 2.45) is 5.10 Å². The summed E-state index contributed by atoms with van der Waals surface area (Å²) in [7, 11) is 0. The maximum atomic E-state index is 12.0. The number of hydrogen-bond acceptors (Lipinski definition) is 3. The van der Waals surface area contributed by atoms with Crippen LogP contribution in [0.25, 0.3) is 0 Å². The van der Waals surface area contributed by atoms with Crippen molar-refractivity contribution in [2.75, 3.05) is 0 Å². The Bertz CT molecular complexity index is 953. The van der Waals surface area contributed by atoms with Gasteiger partial charge in [-0.05, 0) is 66.1 Å². The van der Waals surface area contributed by atoms with Gasteiger partial charge in [0.25, 0.3) is 5.91 Å². The topological polar surface area (TPSA) is 50.7 Å². The number of halogens is 1. The highest BCUT2D eigenvalue weighted by Crippen LogP contribution is 2.15. The van der Waals surface area contributed by atoms with Gasteiger partial charge in [-0.25, -0.2) is 5.43 Å². The van der Waals surface area contributed by atoms with E-state index in [-0.39, 0.29) is 5.91 Å². The molecule has 0 unspecified atom stereocenters. The highest BCUT2D eigenvalue weighted by molar-refractivity contribution is 6.30. The van der Waals surface area contributed by atoms with Crippen molar-refractivity contribution in [3.8, 4) is 5.75 Å². The molecule has 0 aromatic heterocycles. The minimum Gasteiger partial charge on any atom is -0.489 e. The molecule has 0 aliphatic carbocycles. The smallest absolute Gasteiger partial charge is 0.271 e. The van der Waals surface area contributed by atoms with Crippen molar-refractivity contribution in [2.45, 2.75) is 13.5 Å². The monoisotopic (exact) mass is 378 g/mol. The van der Waals surface area contributed by atoms with Crippen molar-refractivity contribution in [3.63, 3.8) is 0 Å². The summed E-state index contributed by atoms with van der Waals surface area (Å²) in [6, 6.07) is 22.3. The number of benzene rings is 3. The van der Waals surface area contributed by atoms with Gasteiger partial charge >= 0.3 is 0 Å². The molecule has 5 heteroatoms. The molecule has 0 aliphatic rings. The zero-order valence-corrected chi connectivity index (χ0v) is 15.6. The summed E-state index contributed by atoms with van der Waals surface area (Å²) in [5.41, 5.74) is 6.16. The first-order valence-electron chi connectivity index (χ1n) is 8.48. The van der Waals surface area contributed by atoms with E-state index in [0.29, 0.717) is 17.2 Å². The Labute approximate surface area is 163 Å². The minimum atomic E-state index is -0.313. The molecule has 136 valence electrons. The molecular weight excluding hydrogens is 360 g/mol. The summed E-state index contributed by atoms with van der Waals surface area (Å²) in [5.74, 6) is 0.463. The molecule has 0 spiro atoms. The molecule has 1 amide bonds. The van der Waals surface area contributed by atoms with Crippen LogP contribution in [-0.4, -0.2) is 12.1 Å². The molecule has 1 N–H and O–H groups in total. The first kappa shape index (κ1) is 18.7. The second-order valence-corrected chi connectivity index (χ2v) is 6.43. The highest BCUT2D eigenvalue weighted by Gasteiger charge is 2.04. The number of rotatable bonds is 6. The van der Waals surface area contributed by atoms with Crippen LogP contribution in [0.3, 0.4) is 0 Å². The van der Waals surface area contributed by atoms with E-state index in [4.69, 9.17) is 16.3 Å². The van der Waals surface area contributed by atoms with Gasteiger partial charge in [-0.1, -0.05) is 41.9 Å². The van der Waals surface area contributed by atoms with E-state index in [2.05, 4.69) is 29.6 Å². The summed E-state index contributed by atoms with van der Waals surface area (Å²) in [4.78, 5) is 12.0. The molecule has 0 saturated carbocycles. The minimum absolute atomic E-state index is 0.313. The number of ether oxygens (including phenoxy) is 1. The van der Waals surface area contributed by atoms with Crippen molar-refractivity contribution >= 4 is 23.7 Å². The maximum absolute atomic E-state index is 12.0. The molecule has 0 fully saturated rings. The Balaban J connectivity index is 1.53. The maximum Gasteiger partial charge on any atom is 0.271 e. The molecule has 0 heterocycles. The van der Waals surface area contributed by atoms with Gasteiger partial charge in [0.15, 0.2) is 0 Å². The lowest BCUT2D eigenvalue weighted by atomic mass is 10.1. The number of hydrogen-bond donors (Lipinski definition) is 1. The van der Waals surface area contributed by atoms with E-state index in [1.807, 2.05) is 36.4 Å². The van der Waals surface area contributed by atoms with Crippen molar-refractivity contribution in [1.29, 1.82) is 0 Å². The van der Waals surface area contributed by atoms with Gasteiger partial charge in [0.1, 0.15) is 12.4 Å². The fourth-order valence-electron chi connectivity index (χ4n) is 2.44. The average molecular weight is 379 g/mol. The van der Waals surface area contributed by atoms with Gasteiger partial charge in [0, 0.05) is 10.6 Å². The van der Waals surface area contributed by atoms with Crippen LogP contribution in [0.15, 0.2) is 77.9 Å². The number of aryl methyl sites for hydroxylation is 1. The van der Waals surface area contributed by atoms with Crippen LogP contribution < -0.4 is 10.2 Å². The summed E-state index contributed by atoms with van der Waals surface area (Å²) in [6.45, 7) is 2.59. The van der Waals surface area contributed by atoms with Crippen LogP contribution in [-0.2, 0) is 6.61 Å². The summed E-state index contributed by atoms with van der Waals surface area (Å²) >= 11 is 5.88. The zero-order chi connectivity index (χ0) is 19.1. The second-order valence-electron chi connectivity index (χ2n) is 5.99. The number of nitrogens with zero attached hydrogens (tertiary/aromatic N) is 1. The molecule has 0 saturated heterocycles. The van der Waals surface area contributed by atoms with E-state index >= 15 is 0 Å². The normalized spacial score (nSPS) is 10.7. The molecule has 27 heavy (non-hydrogen) atoms. The van der Waals surface area contributed by atoms with Crippen molar-refractivity contribution in [1.82, 2.24) is 5.43 Å². The fraction of sp³-hybridized carbons (Fsp3) is 0.0909. The molecule has 0 bridgehead atoms. The molecule has 0 radical (unpaired) electrons. The molecule has 3 aromatic carbocycles. The Morgan fingerprint density at radius 3 is 2.59 bits per heavy atom. The average Bonchev–Trinajstić information content (AvgIpc) is 2.68. The highest BCUT2D eigenvalue weighted by atomic mass is 35.5. The third-order valence-electron chi connectivity index (χ3n) is 4.00. The second kappa shape index (κ2) is 9.01. The molecular formula is C22H19ClN2O2. The van der Waals surface area contributed by atoms with Crippen LogP contribution in [0.4, 0.5) is 0 Å². The van der Waals surface area contributed by atoms with E-state index < -0.39 is 0 Å². The number of carbonyl (C=O) groups is 1. The first-order valence-corrected chi connectivity index (χ1v) is 8.86. The van der Waals surface area contributed by atoms with Crippen LogP contribution in [0.1, 0.15) is 27.0 Å². The molecule has 0 aliphatic heterocycles. The number of carbonyl (C=O) groups excluding carboxylic acids is 1. The number of hydrazone groups is 1. The van der Waals surface area contributed by atoms with Crippen LogP contribution in [0.2, 0.25) is 5.02 Å². The van der Waals surface area contributed by atoms with Crippen molar-refractivity contribution < 1.29 is 9.53 Å². The SMILES string of the molecule is Cc1ccccc1COc1ccc(/C=N\NC(=O)c2cccc(Cl)c2)cc1. The van der Waals surface area contributed by atoms with E-state index in [1.165, 1.54) is 5.56 Å². The largest absolute Gasteiger partial charge is 0.489 e. The molecule has 4 nitrogen and oxygen atoms in total. The van der Waals surface area contributed by atoms with Gasteiger partial charge in [-0.15, -0.1) is 0 Å².